The number of aromatic amines is 1. The number of hydrogen-bond donors (Lipinski definition) is 0. The summed E-state index contributed by atoms with van der Waals surface area (Å²) in [5, 5.41) is 0. The smallest absolute Gasteiger partial charge is 0.419 e. The van der Waals surface area contributed by atoms with Crippen LogP contribution in [-0.2, 0) is 31.0 Å². The standard InChI is InChI=1S/C17H23NO5.C7H8O3S.C5H5N/c1-17(2,3)23-16(21)18(11-7-8-12-19)15(20)22-13-14-9-5-4-6-10-14;1-6-2-4-7(5-3-6)11(8,9)10;1-2-4-6-5-3-1/h4-6,9-10,12H,7-8,11,13H2,1-3H3;2-5H,1H3,(H,8,9,10);1-5H. The van der Waals surface area contributed by atoms with Gasteiger partial charge in [0.25, 0.3) is 0 Å². The molecule has 10 nitrogen and oxygen atoms in total. The lowest BCUT2D eigenvalue weighted by Crippen LogP contribution is -2.41. The van der Waals surface area contributed by atoms with E-state index in [-0.39, 0.29) is 24.5 Å². The van der Waals surface area contributed by atoms with Crippen molar-refractivity contribution >= 4 is 28.6 Å². The van der Waals surface area contributed by atoms with Gasteiger partial charge in [-0.1, -0.05) is 54.1 Å². The highest BCUT2D eigenvalue weighted by Gasteiger charge is 2.28. The van der Waals surface area contributed by atoms with Gasteiger partial charge in [0.2, 0.25) is 0 Å². The van der Waals surface area contributed by atoms with E-state index in [4.69, 9.17) is 9.47 Å². The first-order chi connectivity index (χ1) is 18.8. The number of unbranched alkanes of at least 4 members (excludes halogenated alkanes) is 1. The molecule has 2 amide bonds. The minimum absolute atomic E-state index is 0.0622. The van der Waals surface area contributed by atoms with Gasteiger partial charge in [-0.3, -0.25) is 0 Å². The van der Waals surface area contributed by atoms with Crippen molar-refractivity contribution < 1.29 is 41.8 Å². The summed E-state index contributed by atoms with van der Waals surface area (Å²) in [5.74, 6) is 0. The third-order valence-electron chi connectivity index (χ3n) is 4.66. The third kappa shape index (κ3) is 15.4. The Morgan fingerprint density at radius 3 is 1.95 bits per heavy atom. The Morgan fingerprint density at radius 1 is 0.925 bits per heavy atom. The van der Waals surface area contributed by atoms with Crippen LogP contribution in [0.3, 0.4) is 0 Å². The van der Waals surface area contributed by atoms with E-state index in [2.05, 4.69) is 4.98 Å². The number of aldehydes is 1. The van der Waals surface area contributed by atoms with Gasteiger partial charge in [0.1, 0.15) is 28.6 Å². The number of aryl methyl sites for hydroxylation is 1. The molecule has 11 heteroatoms. The molecule has 3 aromatic rings. The average molecular weight is 573 g/mol. The Labute approximate surface area is 235 Å². The van der Waals surface area contributed by atoms with E-state index in [1.807, 2.05) is 67.8 Å². The van der Waals surface area contributed by atoms with Gasteiger partial charge in [0.15, 0.2) is 12.4 Å². The first kappa shape index (κ1) is 33.9. The number of pyridine rings is 1. The van der Waals surface area contributed by atoms with Gasteiger partial charge in [-0.25, -0.2) is 27.9 Å². The summed E-state index contributed by atoms with van der Waals surface area (Å²) in [6.07, 6.45) is 3.55. The van der Waals surface area contributed by atoms with Crippen molar-refractivity contribution in [3.63, 3.8) is 0 Å². The number of hydrogen-bond acceptors (Lipinski definition) is 8. The lowest BCUT2D eigenvalue weighted by molar-refractivity contribution is -0.377. The van der Waals surface area contributed by atoms with Crippen LogP contribution in [0, 0.1) is 6.92 Å². The van der Waals surface area contributed by atoms with Gasteiger partial charge in [0.05, 0.1) is 4.90 Å². The Morgan fingerprint density at radius 2 is 1.50 bits per heavy atom. The van der Waals surface area contributed by atoms with Gasteiger partial charge in [-0.2, -0.15) is 0 Å². The lowest BCUT2D eigenvalue weighted by Gasteiger charge is -2.25. The zero-order chi connectivity index (χ0) is 30.0. The van der Waals surface area contributed by atoms with Gasteiger partial charge in [-0.15, -0.1) is 0 Å². The molecule has 0 unspecified atom stereocenters. The van der Waals surface area contributed by atoms with Gasteiger partial charge < -0.3 is 18.8 Å². The molecule has 1 heterocycles. The van der Waals surface area contributed by atoms with Crippen LogP contribution < -0.4 is 4.98 Å². The van der Waals surface area contributed by atoms with E-state index in [1.165, 1.54) is 12.1 Å². The van der Waals surface area contributed by atoms with Gasteiger partial charge >= 0.3 is 12.2 Å². The van der Waals surface area contributed by atoms with Crippen molar-refractivity contribution in [2.45, 2.75) is 57.6 Å². The van der Waals surface area contributed by atoms with Crippen LogP contribution >= 0.6 is 0 Å². The summed E-state index contributed by atoms with van der Waals surface area (Å²) in [6, 6.07) is 20.8. The molecule has 1 aromatic heterocycles. The number of ether oxygens (including phenoxy) is 2. The molecule has 1 N–H and O–H groups in total. The first-order valence-corrected chi connectivity index (χ1v) is 13.8. The summed E-state index contributed by atoms with van der Waals surface area (Å²) in [5.41, 5.74) is 1.02. The van der Waals surface area contributed by atoms with E-state index < -0.39 is 27.9 Å². The molecule has 0 saturated heterocycles. The molecule has 0 atom stereocenters. The predicted octanol–water partition coefficient (Wildman–Crippen LogP) is 4.94. The molecule has 0 radical (unpaired) electrons. The predicted molar refractivity (Wildman–Crippen MR) is 147 cm³/mol. The number of carbonyl (C=O) groups is 3. The molecule has 0 bridgehead atoms. The molecular formula is C29H36N2O8S. The molecule has 2 aromatic carbocycles. The highest BCUT2D eigenvalue weighted by molar-refractivity contribution is 7.85. The molecule has 0 aliphatic heterocycles. The van der Waals surface area contributed by atoms with Crippen LogP contribution in [0.5, 0.6) is 0 Å². The number of amides is 2. The second-order valence-corrected chi connectivity index (χ2v) is 10.7. The zero-order valence-corrected chi connectivity index (χ0v) is 23.9. The van der Waals surface area contributed by atoms with Gasteiger partial charge in [0, 0.05) is 25.1 Å². The van der Waals surface area contributed by atoms with E-state index >= 15 is 0 Å². The SMILES string of the molecule is CC(C)(C)OC(=O)N(CCCC=O)C(=O)OCc1ccccc1.Cc1ccc(S(=O)(=O)[O-])cc1.c1cc[nH+]cc1. The number of nitrogens with zero attached hydrogens (tertiary/aromatic N) is 1. The zero-order valence-electron chi connectivity index (χ0n) is 23.1. The van der Waals surface area contributed by atoms with Crippen LogP contribution in [0.15, 0.2) is 90.1 Å². The maximum atomic E-state index is 12.2. The topological polar surface area (TPSA) is 144 Å². The molecule has 0 aliphatic rings. The van der Waals surface area contributed by atoms with E-state index in [0.717, 1.165) is 22.3 Å². The van der Waals surface area contributed by atoms with Crippen LogP contribution in [0.25, 0.3) is 0 Å². The highest BCUT2D eigenvalue weighted by atomic mass is 32.2. The molecule has 216 valence electrons. The first-order valence-electron chi connectivity index (χ1n) is 12.4. The monoisotopic (exact) mass is 572 g/mol. The van der Waals surface area contributed by atoms with Crippen molar-refractivity contribution in [1.29, 1.82) is 0 Å². The summed E-state index contributed by atoms with van der Waals surface area (Å²) >= 11 is 0. The average Bonchev–Trinajstić information content (AvgIpc) is 2.91. The largest absolute Gasteiger partial charge is 0.744 e. The second-order valence-electron chi connectivity index (χ2n) is 9.33. The van der Waals surface area contributed by atoms with Crippen molar-refractivity contribution in [2.75, 3.05) is 6.54 Å². The Bertz CT molecular complexity index is 1230. The number of H-pyrrole nitrogens is 1. The third-order valence-corrected chi connectivity index (χ3v) is 5.51. The lowest BCUT2D eigenvalue weighted by atomic mass is 10.2. The maximum absolute atomic E-state index is 12.2. The number of aromatic nitrogens is 1. The van der Waals surface area contributed by atoms with Crippen molar-refractivity contribution in [3.05, 3.63) is 96.3 Å². The molecule has 40 heavy (non-hydrogen) atoms. The Balaban J connectivity index is 0.000000382. The van der Waals surface area contributed by atoms with Crippen molar-refractivity contribution in [3.8, 4) is 0 Å². The quantitative estimate of drug-likeness (QED) is 0.220. The van der Waals surface area contributed by atoms with E-state index in [9.17, 15) is 27.4 Å². The summed E-state index contributed by atoms with van der Waals surface area (Å²) in [7, 11) is -4.27. The Kier molecular flexibility index (Phi) is 14.8. The number of nitrogens with one attached hydrogen (secondary N) is 1. The highest BCUT2D eigenvalue weighted by Crippen LogP contribution is 2.13. The number of benzene rings is 2. The molecular weight excluding hydrogens is 536 g/mol. The Hall–Kier alpha value is -4.09. The fourth-order valence-electron chi connectivity index (χ4n) is 2.75. The molecule has 0 fully saturated rings. The van der Waals surface area contributed by atoms with Crippen LogP contribution in [0.4, 0.5) is 9.59 Å². The van der Waals surface area contributed by atoms with Crippen LogP contribution in [0.2, 0.25) is 0 Å². The minimum atomic E-state index is -4.27. The fraction of sp³-hybridized carbons (Fsp3) is 0.310. The van der Waals surface area contributed by atoms with Gasteiger partial charge in [-0.05, 0) is 51.8 Å². The fourth-order valence-corrected chi connectivity index (χ4v) is 3.22. The number of rotatable bonds is 7. The number of carbonyl (C=O) groups excluding carboxylic acids is 3. The molecule has 0 spiro atoms. The summed E-state index contributed by atoms with van der Waals surface area (Å²) in [6.45, 7) is 7.09. The minimum Gasteiger partial charge on any atom is -0.744 e. The van der Waals surface area contributed by atoms with Crippen LogP contribution in [0.1, 0.15) is 44.7 Å². The second kappa shape index (κ2) is 17.5. The molecule has 3 rings (SSSR count). The maximum Gasteiger partial charge on any atom is 0.419 e. The van der Waals surface area contributed by atoms with E-state index in [0.29, 0.717) is 6.42 Å². The van der Waals surface area contributed by atoms with E-state index in [1.54, 1.807) is 32.9 Å². The van der Waals surface area contributed by atoms with Crippen LogP contribution in [-0.4, -0.2) is 48.5 Å². The van der Waals surface area contributed by atoms with Crippen molar-refractivity contribution in [1.82, 2.24) is 4.90 Å². The van der Waals surface area contributed by atoms with Crippen molar-refractivity contribution in [2.24, 2.45) is 0 Å². The normalized spacial score (nSPS) is 10.5. The molecule has 0 aliphatic carbocycles. The molecule has 0 saturated carbocycles. The summed E-state index contributed by atoms with van der Waals surface area (Å²) in [4.78, 5) is 38.3. The summed E-state index contributed by atoms with van der Waals surface area (Å²) < 4.78 is 41.5. The number of imide groups is 1.